The van der Waals surface area contributed by atoms with E-state index in [1.807, 2.05) is 35.2 Å². The predicted molar refractivity (Wildman–Crippen MR) is 101 cm³/mol. The highest BCUT2D eigenvalue weighted by atomic mass is 16.2. The van der Waals surface area contributed by atoms with Crippen molar-refractivity contribution in [3.63, 3.8) is 0 Å². The van der Waals surface area contributed by atoms with Gasteiger partial charge in [0.05, 0.1) is 11.1 Å². The summed E-state index contributed by atoms with van der Waals surface area (Å²) in [5, 5.41) is 0.953. The molecular weight excluding hydrogens is 342 g/mol. The molecule has 0 radical (unpaired) electrons. The lowest BCUT2D eigenvalue weighted by molar-refractivity contribution is -0.118. The van der Waals surface area contributed by atoms with Crippen molar-refractivity contribution in [2.45, 2.75) is 25.3 Å². The Labute approximate surface area is 156 Å². The smallest absolute Gasteiger partial charge is 0.255 e. The molecule has 7 nitrogen and oxygen atoms in total. The molecule has 1 aliphatic heterocycles. The molecule has 3 heterocycles. The second kappa shape index (κ2) is 7.19. The van der Waals surface area contributed by atoms with Crippen molar-refractivity contribution in [3.05, 3.63) is 60.3 Å². The van der Waals surface area contributed by atoms with E-state index in [-0.39, 0.29) is 18.4 Å². The average molecular weight is 363 g/mol. The summed E-state index contributed by atoms with van der Waals surface area (Å²) in [5.41, 5.74) is 6.79. The quantitative estimate of drug-likeness (QED) is 0.766. The number of aromatic nitrogens is 3. The molecule has 1 aromatic carbocycles. The van der Waals surface area contributed by atoms with Gasteiger partial charge in [-0.2, -0.15) is 0 Å². The van der Waals surface area contributed by atoms with Gasteiger partial charge in [-0.1, -0.05) is 18.2 Å². The Hall–Kier alpha value is -3.22. The third-order valence-electron chi connectivity index (χ3n) is 4.99. The van der Waals surface area contributed by atoms with Crippen LogP contribution in [0.3, 0.4) is 0 Å². The SMILES string of the molecule is NC(=O)Cn1ccnc1C1CCCN(C(=O)c2cnc3ccccc3c2)C1. The number of hydrogen-bond acceptors (Lipinski definition) is 4. The maximum Gasteiger partial charge on any atom is 0.255 e. The topological polar surface area (TPSA) is 94.1 Å². The van der Waals surface area contributed by atoms with Gasteiger partial charge in [-0.05, 0) is 25.0 Å². The minimum Gasteiger partial charge on any atom is -0.368 e. The number of imidazole rings is 1. The molecular formula is C20H21N5O2. The maximum absolute atomic E-state index is 13.0. The molecule has 4 rings (SSSR count). The van der Waals surface area contributed by atoms with Gasteiger partial charge in [0.1, 0.15) is 12.4 Å². The summed E-state index contributed by atoms with van der Waals surface area (Å²) in [7, 11) is 0. The molecule has 0 spiro atoms. The molecule has 1 fully saturated rings. The number of nitrogens with two attached hydrogens (primary N) is 1. The van der Waals surface area contributed by atoms with Gasteiger partial charge in [0.2, 0.25) is 5.91 Å². The number of pyridine rings is 1. The first kappa shape index (κ1) is 17.2. The van der Waals surface area contributed by atoms with Crippen molar-refractivity contribution in [2.75, 3.05) is 13.1 Å². The van der Waals surface area contributed by atoms with Crippen LogP contribution in [0.1, 0.15) is 34.9 Å². The summed E-state index contributed by atoms with van der Waals surface area (Å²) in [6, 6.07) is 9.65. The molecule has 0 bridgehead atoms. The minimum atomic E-state index is -0.403. The molecule has 3 aromatic rings. The molecule has 1 aliphatic rings. The number of amides is 2. The number of rotatable bonds is 4. The van der Waals surface area contributed by atoms with E-state index in [0.717, 1.165) is 29.6 Å². The van der Waals surface area contributed by atoms with Gasteiger partial charge in [0.25, 0.3) is 5.91 Å². The molecule has 7 heteroatoms. The van der Waals surface area contributed by atoms with Gasteiger partial charge in [0, 0.05) is 43.0 Å². The van der Waals surface area contributed by atoms with Crippen LogP contribution < -0.4 is 5.73 Å². The van der Waals surface area contributed by atoms with Gasteiger partial charge >= 0.3 is 0 Å². The highest BCUT2D eigenvalue weighted by Crippen LogP contribution is 2.27. The van der Waals surface area contributed by atoms with Gasteiger partial charge in [-0.3, -0.25) is 14.6 Å². The lowest BCUT2D eigenvalue weighted by Gasteiger charge is -2.32. The van der Waals surface area contributed by atoms with E-state index in [4.69, 9.17) is 5.73 Å². The summed E-state index contributed by atoms with van der Waals surface area (Å²) < 4.78 is 1.78. The van der Waals surface area contributed by atoms with Crippen LogP contribution in [0.2, 0.25) is 0 Å². The Balaban J connectivity index is 1.54. The highest BCUT2D eigenvalue weighted by molar-refractivity contribution is 5.97. The van der Waals surface area contributed by atoms with Crippen LogP contribution in [0, 0.1) is 0 Å². The standard InChI is InChI=1S/C20H21N5O2/c21-18(26)13-24-9-7-22-19(24)15-5-3-8-25(12-15)20(27)16-10-14-4-1-2-6-17(14)23-11-16/h1-2,4,6-7,9-11,15H,3,5,8,12-13H2,(H2,21,26). The number of nitrogens with zero attached hydrogens (tertiary/aromatic N) is 4. The van der Waals surface area contributed by atoms with Crippen LogP contribution in [0.5, 0.6) is 0 Å². The first-order chi connectivity index (χ1) is 13.1. The first-order valence-corrected chi connectivity index (χ1v) is 9.05. The van der Waals surface area contributed by atoms with Gasteiger partial charge in [-0.25, -0.2) is 4.98 Å². The van der Waals surface area contributed by atoms with Crippen molar-refractivity contribution in [1.82, 2.24) is 19.4 Å². The Bertz CT molecular complexity index is 997. The Morgan fingerprint density at radius 1 is 1.22 bits per heavy atom. The molecule has 2 aromatic heterocycles. The van der Waals surface area contributed by atoms with E-state index in [2.05, 4.69) is 9.97 Å². The van der Waals surface area contributed by atoms with Crippen LogP contribution in [-0.2, 0) is 11.3 Å². The molecule has 2 N–H and O–H groups in total. The summed E-state index contributed by atoms with van der Waals surface area (Å²) in [6.07, 6.45) is 6.89. The van der Waals surface area contributed by atoms with Crippen LogP contribution >= 0.6 is 0 Å². The zero-order chi connectivity index (χ0) is 18.8. The van der Waals surface area contributed by atoms with E-state index in [1.54, 1.807) is 23.2 Å². The van der Waals surface area contributed by atoms with Crippen LogP contribution in [0.25, 0.3) is 10.9 Å². The van der Waals surface area contributed by atoms with Crippen molar-refractivity contribution >= 4 is 22.7 Å². The second-order valence-electron chi connectivity index (χ2n) is 6.89. The van der Waals surface area contributed by atoms with Crippen molar-refractivity contribution in [3.8, 4) is 0 Å². The predicted octanol–water partition coefficient (Wildman–Crippen LogP) is 1.94. The molecule has 138 valence electrons. The Morgan fingerprint density at radius 3 is 2.93 bits per heavy atom. The number of piperidine rings is 1. The number of para-hydroxylation sites is 1. The van der Waals surface area contributed by atoms with Crippen molar-refractivity contribution < 1.29 is 9.59 Å². The molecule has 1 unspecified atom stereocenters. The number of carbonyl (C=O) groups excluding carboxylic acids is 2. The zero-order valence-corrected chi connectivity index (χ0v) is 14.9. The molecule has 0 saturated carbocycles. The monoisotopic (exact) mass is 363 g/mol. The van der Waals surface area contributed by atoms with Crippen LogP contribution in [-0.4, -0.2) is 44.3 Å². The van der Waals surface area contributed by atoms with Gasteiger partial charge in [0.15, 0.2) is 0 Å². The van der Waals surface area contributed by atoms with E-state index in [1.165, 1.54) is 0 Å². The number of carbonyl (C=O) groups is 2. The summed E-state index contributed by atoms with van der Waals surface area (Å²) in [4.78, 5) is 34.9. The third-order valence-corrected chi connectivity index (χ3v) is 4.99. The maximum atomic E-state index is 13.0. The number of likely N-dealkylation sites (tertiary alicyclic amines) is 1. The van der Waals surface area contributed by atoms with Gasteiger partial charge in [-0.15, -0.1) is 0 Å². The third kappa shape index (κ3) is 3.53. The second-order valence-corrected chi connectivity index (χ2v) is 6.89. The van der Waals surface area contributed by atoms with Gasteiger partial charge < -0.3 is 15.2 Å². The summed E-state index contributed by atoms with van der Waals surface area (Å²) in [5.74, 6) is 0.472. The minimum absolute atomic E-state index is 0.0223. The van der Waals surface area contributed by atoms with Crippen molar-refractivity contribution in [2.24, 2.45) is 5.73 Å². The summed E-state index contributed by atoms with van der Waals surface area (Å²) in [6.45, 7) is 1.38. The largest absolute Gasteiger partial charge is 0.368 e. The molecule has 0 aliphatic carbocycles. The van der Waals surface area contributed by atoms with Crippen molar-refractivity contribution in [1.29, 1.82) is 0 Å². The first-order valence-electron chi connectivity index (χ1n) is 9.05. The summed E-state index contributed by atoms with van der Waals surface area (Å²) >= 11 is 0. The van der Waals surface area contributed by atoms with E-state index >= 15 is 0 Å². The fourth-order valence-electron chi connectivity index (χ4n) is 3.73. The molecule has 1 saturated heterocycles. The lowest BCUT2D eigenvalue weighted by atomic mass is 9.96. The Kier molecular flexibility index (Phi) is 4.58. The fourth-order valence-corrected chi connectivity index (χ4v) is 3.73. The number of fused-ring (bicyclic) bond motifs is 1. The Morgan fingerprint density at radius 2 is 2.07 bits per heavy atom. The van der Waals surface area contributed by atoms with E-state index in [9.17, 15) is 9.59 Å². The number of hydrogen-bond donors (Lipinski definition) is 1. The molecule has 1 atom stereocenters. The molecule has 2 amide bonds. The van der Waals surface area contributed by atoms with E-state index < -0.39 is 5.91 Å². The molecule has 27 heavy (non-hydrogen) atoms. The van der Waals surface area contributed by atoms with Crippen LogP contribution in [0.15, 0.2) is 48.9 Å². The number of primary amides is 1. The lowest BCUT2D eigenvalue weighted by Crippen LogP contribution is -2.40. The normalized spacial score (nSPS) is 17.2. The van der Waals surface area contributed by atoms with Crippen LogP contribution in [0.4, 0.5) is 0 Å². The average Bonchev–Trinajstić information content (AvgIpc) is 3.14. The van der Waals surface area contributed by atoms with E-state index in [0.29, 0.717) is 18.7 Å². The number of benzene rings is 1. The zero-order valence-electron chi connectivity index (χ0n) is 14.9. The fraction of sp³-hybridized carbons (Fsp3) is 0.300. The highest BCUT2D eigenvalue weighted by Gasteiger charge is 2.28.